The molecule has 0 aliphatic carbocycles. The third-order valence-corrected chi connectivity index (χ3v) is 12.1. The van der Waals surface area contributed by atoms with Crippen molar-refractivity contribution in [3.63, 3.8) is 0 Å². The molecule has 0 radical (unpaired) electrons. The van der Waals surface area contributed by atoms with E-state index in [9.17, 15) is 0 Å². The highest BCUT2D eigenvalue weighted by Gasteiger charge is 2.22. The fraction of sp³-hybridized carbons (Fsp3) is 0. The predicted octanol–water partition coefficient (Wildman–Crippen LogP) is 15.6. The molecule has 0 saturated carbocycles. The quantitative estimate of drug-likeness (QED) is 0.170. The predicted molar refractivity (Wildman–Crippen MR) is 235 cm³/mol. The van der Waals surface area contributed by atoms with Gasteiger partial charge in [0.2, 0.25) is 0 Å². The monoisotopic (exact) mass is 719 g/mol. The number of hydrogen-bond donors (Lipinski definition) is 0. The van der Waals surface area contributed by atoms with Crippen molar-refractivity contribution in [2.75, 3.05) is 4.90 Å². The molecule has 0 saturated heterocycles. The van der Waals surface area contributed by atoms with Crippen LogP contribution in [0.3, 0.4) is 0 Å². The number of fused-ring (bicyclic) bond motifs is 7. The van der Waals surface area contributed by atoms with Crippen molar-refractivity contribution < 1.29 is 4.42 Å². The van der Waals surface area contributed by atoms with E-state index < -0.39 is 0 Å². The van der Waals surface area contributed by atoms with Gasteiger partial charge in [0.05, 0.1) is 10.4 Å². The van der Waals surface area contributed by atoms with Crippen molar-refractivity contribution in [3.8, 4) is 33.4 Å². The van der Waals surface area contributed by atoms with E-state index in [2.05, 4.69) is 193 Å². The average Bonchev–Trinajstić information content (AvgIpc) is 3.84. The SMILES string of the molecule is c1ccc(-c2ccc3cc(N(c4ccc(-c5cccc6c5oc5ccccc56)cc4)c4ccc(-c5ccccc5)c5c4sc4ccccc45)ccc3c2)cc1. The summed E-state index contributed by atoms with van der Waals surface area (Å²) in [6.07, 6.45) is 0. The smallest absolute Gasteiger partial charge is 0.143 e. The molecule has 2 heterocycles. The van der Waals surface area contributed by atoms with Gasteiger partial charge in [-0.25, -0.2) is 0 Å². The van der Waals surface area contributed by atoms with Crippen molar-refractivity contribution >= 4 is 81.3 Å². The lowest BCUT2D eigenvalue weighted by atomic mass is 9.97. The summed E-state index contributed by atoms with van der Waals surface area (Å²) >= 11 is 1.87. The van der Waals surface area contributed by atoms with Gasteiger partial charge in [-0.2, -0.15) is 0 Å². The molecule has 0 N–H and O–H groups in total. The van der Waals surface area contributed by atoms with E-state index in [4.69, 9.17) is 4.42 Å². The van der Waals surface area contributed by atoms with Gasteiger partial charge in [0.1, 0.15) is 11.2 Å². The minimum absolute atomic E-state index is 0.909. The third-order valence-electron chi connectivity index (χ3n) is 10.9. The maximum absolute atomic E-state index is 6.45. The Hall–Kier alpha value is -6.94. The number of nitrogens with zero attached hydrogens (tertiary/aromatic N) is 1. The first-order chi connectivity index (χ1) is 27.3. The van der Waals surface area contributed by atoms with Gasteiger partial charge in [0, 0.05) is 43.2 Å². The molecule has 9 aromatic carbocycles. The lowest BCUT2D eigenvalue weighted by Crippen LogP contribution is -2.10. The summed E-state index contributed by atoms with van der Waals surface area (Å²) in [4.78, 5) is 2.43. The molecule has 0 aliphatic heterocycles. The summed E-state index contributed by atoms with van der Waals surface area (Å²) in [6, 6.07) is 72.2. The van der Waals surface area contributed by atoms with Crippen LogP contribution in [-0.4, -0.2) is 0 Å². The molecule has 0 bridgehead atoms. The summed E-state index contributed by atoms with van der Waals surface area (Å²) in [5.41, 5.74) is 12.3. The van der Waals surface area contributed by atoms with Crippen molar-refractivity contribution in [2.24, 2.45) is 0 Å². The van der Waals surface area contributed by atoms with E-state index in [1.54, 1.807) is 0 Å². The van der Waals surface area contributed by atoms with Crippen molar-refractivity contribution in [3.05, 3.63) is 200 Å². The minimum Gasteiger partial charge on any atom is -0.455 e. The van der Waals surface area contributed by atoms with Gasteiger partial charge in [0.25, 0.3) is 0 Å². The van der Waals surface area contributed by atoms with Crippen LogP contribution < -0.4 is 4.90 Å². The maximum atomic E-state index is 6.45. The highest BCUT2D eigenvalue weighted by molar-refractivity contribution is 7.26. The lowest BCUT2D eigenvalue weighted by molar-refractivity contribution is 0.670. The van der Waals surface area contributed by atoms with Crippen molar-refractivity contribution in [2.45, 2.75) is 0 Å². The number of furan rings is 1. The summed E-state index contributed by atoms with van der Waals surface area (Å²) in [5, 5.41) is 7.26. The molecule has 3 heteroatoms. The second kappa shape index (κ2) is 12.9. The molecule has 0 spiro atoms. The molecule has 11 rings (SSSR count). The Morgan fingerprint density at radius 1 is 0.400 bits per heavy atom. The standard InChI is InChI=1S/C52H33NOS/c1-3-12-34(13-4-1)37-22-23-39-33-41(29-26-38(39)32-37)53(40-27-24-36(25-28-40)43-18-11-19-45-44-16-7-9-20-48(44)54-51(43)45)47-31-30-42(35-14-5-2-6-15-35)50-46-17-8-10-21-49(46)55-52(47)50/h1-33H. The first-order valence-electron chi connectivity index (χ1n) is 18.7. The van der Waals surface area contributed by atoms with Crippen LogP contribution in [0.5, 0.6) is 0 Å². The van der Waals surface area contributed by atoms with Crippen LogP contribution in [0.4, 0.5) is 17.1 Å². The lowest BCUT2D eigenvalue weighted by Gasteiger charge is -2.27. The summed E-state index contributed by atoms with van der Waals surface area (Å²) in [6.45, 7) is 0. The maximum Gasteiger partial charge on any atom is 0.143 e. The third kappa shape index (κ3) is 5.32. The van der Waals surface area contributed by atoms with Gasteiger partial charge in [-0.05, 0) is 87.1 Å². The van der Waals surface area contributed by atoms with Gasteiger partial charge in [-0.1, -0.05) is 152 Å². The Morgan fingerprint density at radius 2 is 1.04 bits per heavy atom. The molecule has 2 aromatic heterocycles. The molecule has 0 atom stereocenters. The molecular formula is C52H33NOS. The zero-order valence-corrected chi connectivity index (χ0v) is 30.6. The highest BCUT2D eigenvalue weighted by atomic mass is 32.1. The number of benzene rings is 9. The Balaban J connectivity index is 1.11. The van der Waals surface area contributed by atoms with Crippen LogP contribution in [0.25, 0.3) is 86.3 Å². The highest BCUT2D eigenvalue weighted by Crippen LogP contribution is 2.49. The van der Waals surface area contributed by atoms with E-state index >= 15 is 0 Å². The number of rotatable bonds is 6. The summed E-state index contributed by atoms with van der Waals surface area (Å²) < 4.78 is 8.99. The zero-order valence-electron chi connectivity index (χ0n) is 29.8. The topological polar surface area (TPSA) is 16.4 Å². The fourth-order valence-corrected chi connectivity index (χ4v) is 9.46. The molecule has 11 aromatic rings. The van der Waals surface area contributed by atoms with Crippen LogP contribution in [0, 0.1) is 0 Å². The molecule has 0 amide bonds. The second-order valence-corrected chi connectivity index (χ2v) is 15.1. The Labute approximate surface area is 322 Å². The first kappa shape index (κ1) is 31.6. The molecule has 258 valence electrons. The van der Waals surface area contributed by atoms with Crippen LogP contribution in [0.15, 0.2) is 205 Å². The average molecular weight is 720 g/mol. The fourth-order valence-electron chi connectivity index (χ4n) is 8.22. The number of hydrogen-bond acceptors (Lipinski definition) is 3. The van der Waals surface area contributed by atoms with Gasteiger partial charge < -0.3 is 9.32 Å². The number of anilines is 3. The van der Waals surface area contributed by atoms with Gasteiger partial charge in [-0.3, -0.25) is 0 Å². The van der Waals surface area contributed by atoms with Crippen LogP contribution in [-0.2, 0) is 0 Å². The van der Waals surface area contributed by atoms with Gasteiger partial charge >= 0.3 is 0 Å². The molecular weight excluding hydrogens is 687 g/mol. The largest absolute Gasteiger partial charge is 0.455 e. The van der Waals surface area contributed by atoms with Crippen molar-refractivity contribution in [1.29, 1.82) is 0 Å². The van der Waals surface area contributed by atoms with E-state index in [1.165, 1.54) is 53.2 Å². The molecule has 0 fully saturated rings. The molecule has 2 nitrogen and oxygen atoms in total. The first-order valence-corrected chi connectivity index (χ1v) is 19.5. The Kier molecular flexibility index (Phi) is 7.39. The summed E-state index contributed by atoms with van der Waals surface area (Å²) in [5.74, 6) is 0. The zero-order chi connectivity index (χ0) is 36.3. The van der Waals surface area contributed by atoms with Crippen LogP contribution >= 0.6 is 11.3 Å². The second-order valence-electron chi connectivity index (χ2n) is 14.1. The Morgan fingerprint density at radius 3 is 1.87 bits per heavy atom. The minimum atomic E-state index is 0.909. The van der Waals surface area contributed by atoms with Crippen LogP contribution in [0.1, 0.15) is 0 Å². The van der Waals surface area contributed by atoms with Crippen molar-refractivity contribution in [1.82, 2.24) is 0 Å². The molecule has 0 unspecified atom stereocenters. The van der Waals surface area contributed by atoms with Gasteiger partial charge in [0.15, 0.2) is 0 Å². The summed E-state index contributed by atoms with van der Waals surface area (Å²) in [7, 11) is 0. The van der Waals surface area contributed by atoms with E-state index in [1.807, 2.05) is 23.5 Å². The van der Waals surface area contributed by atoms with E-state index in [0.29, 0.717) is 0 Å². The van der Waals surface area contributed by atoms with E-state index in [-0.39, 0.29) is 0 Å². The van der Waals surface area contributed by atoms with E-state index in [0.717, 1.165) is 50.1 Å². The van der Waals surface area contributed by atoms with Gasteiger partial charge in [-0.15, -0.1) is 11.3 Å². The normalized spacial score (nSPS) is 11.6. The number of thiophene rings is 1. The molecule has 0 aliphatic rings. The number of para-hydroxylation sites is 2. The Bertz CT molecular complexity index is 3190. The molecule has 55 heavy (non-hydrogen) atoms. The van der Waals surface area contributed by atoms with Crippen LogP contribution in [0.2, 0.25) is 0 Å².